The fourth-order valence-corrected chi connectivity index (χ4v) is 3.67. The van der Waals surface area contributed by atoms with Crippen LogP contribution in [0.3, 0.4) is 0 Å². The van der Waals surface area contributed by atoms with E-state index in [1.54, 1.807) is 19.2 Å². The van der Waals surface area contributed by atoms with Gasteiger partial charge in [0.15, 0.2) is 5.78 Å². The summed E-state index contributed by atoms with van der Waals surface area (Å²) in [6.07, 6.45) is -6.04. The van der Waals surface area contributed by atoms with E-state index < -0.39 is 46.1 Å². The van der Waals surface area contributed by atoms with Crippen molar-refractivity contribution in [1.29, 1.82) is 0 Å². The van der Waals surface area contributed by atoms with Crippen molar-refractivity contribution in [2.45, 2.75) is 38.4 Å². The monoisotopic (exact) mass is 405 g/mol. The summed E-state index contributed by atoms with van der Waals surface area (Å²) in [6, 6.07) is 2.70. The molecular weight excluding hydrogens is 387 g/mol. The average Bonchev–Trinajstić information content (AvgIpc) is 3.04. The van der Waals surface area contributed by atoms with Crippen LogP contribution in [0.5, 0.6) is 0 Å². The van der Waals surface area contributed by atoms with Gasteiger partial charge in [0.25, 0.3) is 11.4 Å². The van der Waals surface area contributed by atoms with Crippen molar-refractivity contribution in [3.05, 3.63) is 33.7 Å². The third-order valence-corrected chi connectivity index (χ3v) is 5.06. The molecule has 10 heteroatoms. The molecule has 148 valence electrons. The Balaban J connectivity index is 2.71. The Morgan fingerprint density at radius 3 is 2.37 bits per heavy atom. The van der Waals surface area contributed by atoms with E-state index in [1.807, 2.05) is 0 Å². The Morgan fingerprint density at radius 1 is 1.30 bits per heavy atom. The number of hydrogen-bond donors (Lipinski definition) is 2. The second-order valence-electron chi connectivity index (χ2n) is 6.93. The zero-order valence-electron chi connectivity index (χ0n) is 14.8. The number of halogens is 3. The first-order valence-electron chi connectivity index (χ1n) is 7.82. The van der Waals surface area contributed by atoms with Gasteiger partial charge in [-0.25, -0.2) is 4.79 Å². The minimum atomic E-state index is -5.44. The number of aliphatic hydroxyl groups excluding tert-OH is 1. The predicted octanol–water partition coefficient (Wildman–Crippen LogP) is 3.15. The third-order valence-electron chi connectivity index (χ3n) is 4.19. The number of amides is 1. The molecule has 0 saturated carbocycles. The Bertz CT molecular complexity index is 798. The Labute approximate surface area is 157 Å². The summed E-state index contributed by atoms with van der Waals surface area (Å²) in [7, 11) is 0.703. The summed E-state index contributed by atoms with van der Waals surface area (Å²) < 4.78 is 46.7. The molecule has 2 rings (SSSR count). The van der Waals surface area contributed by atoms with Gasteiger partial charge >= 0.3 is 12.1 Å². The molecule has 0 aromatic carbocycles. The zero-order valence-corrected chi connectivity index (χ0v) is 15.6. The molecule has 27 heavy (non-hydrogen) atoms. The molecule has 0 unspecified atom stereocenters. The Hall–Kier alpha value is -2.36. The van der Waals surface area contributed by atoms with Crippen LogP contribution in [-0.2, 0) is 14.3 Å². The molecule has 0 bridgehead atoms. The lowest BCUT2D eigenvalue weighted by Crippen LogP contribution is -2.67. The normalized spacial score (nSPS) is 19.4. The van der Waals surface area contributed by atoms with Gasteiger partial charge < -0.3 is 15.2 Å². The second kappa shape index (κ2) is 6.99. The quantitative estimate of drug-likeness (QED) is 0.751. The summed E-state index contributed by atoms with van der Waals surface area (Å²) in [6.45, 7) is 3.19. The maximum Gasteiger partial charge on any atom is 0.427 e. The van der Waals surface area contributed by atoms with Crippen LogP contribution in [0.25, 0.3) is 0 Å². The van der Waals surface area contributed by atoms with Gasteiger partial charge in [0.1, 0.15) is 5.76 Å². The molecule has 1 aromatic heterocycles. The van der Waals surface area contributed by atoms with E-state index in [1.165, 1.54) is 17.5 Å². The molecule has 1 aliphatic rings. The van der Waals surface area contributed by atoms with Crippen molar-refractivity contribution in [3.63, 3.8) is 0 Å². The van der Waals surface area contributed by atoms with Gasteiger partial charge in [-0.15, -0.1) is 11.3 Å². The van der Waals surface area contributed by atoms with Gasteiger partial charge in [0.2, 0.25) is 0 Å². The highest BCUT2D eigenvalue weighted by Gasteiger charge is 2.68. The smallest absolute Gasteiger partial charge is 0.427 e. The number of alkyl halides is 3. The van der Waals surface area contributed by atoms with Gasteiger partial charge in [0, 0.05) is 12.8 Å². The maximum atomic E-state index is 14.1. The molecule has 0 radical (unpaired) electrons. The Morgan fingerprint density at radius 2 is 1.93 bits per heavy atom. The highest BCUT2D eigenvalue weighted by atomic mass is 32.1. The number of rotatable bonds is 4. The van der Waals surface area contributed by atoms with E-state index in [-0.39, 0.29) is 17.7 Å². The van der Waals surface area contributed by atoms with Crippen molar-refractivity contribution in [3.8, 4) is 0 Å². The van der Waals surface area contributed by atoms with Gasteiger partial charge in [-0.3, -0.25) is 9.59 Å². The van der Waals surface area contributed by atoms with E-state index in [2.05, 4.69) is 4.74 Å². The van der Waals surface area contributed by atoms with E-state index in [9.17, 15) is 32.7 Å². The van der Waals surface area contributed by atoms with Crippen LogP contribution in [0.1, 0.15) is 36.4 Å². The minimum Gasteiger partial charge on any atom is -0.512 e. The van der Waals surface area contributed by atoms with Crippen LogP contribution in [0.2, 0.25) is 0 Å². The number of nitrogens with one attached hydrogen (secondary N) is 1. The molecule has 0 saturated heterocycles. The van der Waals surface area contributed by atoms with Crippen molar-refractivity contribution < 1.29 is 37.4 Å². The molecular formula is C17H18F3NO5S. The number of aliphatic hydroxyl groups is 1. The van der Waals surface area contributed by atoms with Crippen LogP contribution in [-0.4, -0.2) is 41.6 Å². The number of allylic oxidation sites excluding steroid dienone is 1. The number of ketones is 1. The second-order valence-corrected chi connectivity index (χ2v) is 7.88. The number of carbonyl (C=O) groups is 3. The Kier molecular flexibility index (Phi) is 5.42. The van der Waals surface area contributed by atoms with Crippen LogP contribution in [0.4, 0.5) is 13.2 Å². The van der Waals surface area contributed by atoms with Gasteiger partial charge in [-0.2, -0.15) is 13.2 Å². The van der Waals surface area contributed by atoms with E-state index in [0.717, 1.165) is 11.3 Å². The zero-order chi connectivity index (χ0) is 20.6. The van der Waals surface area contributed by atoms with Crippen molar-refractivity contribution in [2.24, 2.45) is 5.41 Å². The minimum absolute atomic E-state index is 0.101. The van der Waals surface area contributed by atoms with Crippen molar-refractivity contribution >= 4 is 29.0 Å². The molecule has 1 aromatic rings. The molecule has 6 nitrogen and oxygen atoms in total. The summed E-state index contributed by atoms with van der Waals surface area (Å²) in [5.74, 6) is -5.11. The number of thiophene rings is 1. The van der Waals surface area contributed by atoms with Crippen LogP contribution in [0, 0.1) is 5.41 Å². The highest BCUT2D eigenvalue weighted by molar-refractivity contribution is 7.12. The topological polar surface area (TPSA) is 92.7 Å². The maximum absolute atomic E-state index is 14.1. The highest BCUT2D eigenvalue weighted by Crippen LogP contribution is 2.45. The molecule has 0 spiro atoms. The van der Waals surface area contributed by atoms with E-state index in [0.29, 0.717) is 7.11 Å². The standard InChI is InChI=1S/C17H18F3NO5S/c1-15(2)7-9(22)12(10(23)8-15)16(14(25)26-3,17(18,19)20)21-13(24)11-5-4-6-27-11/h4-6,22H,7-8H2,1-3H3,(H,21,24)/t16-/m1/s1. The van der Waals surface area contributed by atoms with Gasteiger partial charge in [-0.05, 0) is 16.9 Å². The predicted molar refractivity (Wildman–Crippen MR) is 90.3 cm³/mol. The summed E-state index contributed by atoms with van der Waals surface area (Å²) in [4.78, 5) is 37.1. The van der Waals surface area contributed by atoms with Crippen molar-refractivity contribution in [2.75, 3.05) is 7.11 Å². The molecule has 0 aliphatic heterocycles. The molecule has 0 fully saturated rings. The molecule has 1 heterocycles. The molecule has 1 atom stereocenters. The number of hydrogen-bond acceptors (Lipinski definition) is 6. The number of Topliss-reactive ketones (excluding diaryl/α,β-unsaturated/α-hetero) is 1. The average molecular weight is 405 g/mol. The summed E-state index contributed by atoms with van der Waals surface area (Å²) in [5.41, 5.74) is -5.80. The summed E-state index contributed by atoms with van der Waals surface area (Å²) >= 11 is 0.855. The fraction of sp³-hybridized carbons (Fsp3) is 0.471. The first-order chi connectivity index (χ1) is 12.4. The van der Waals surface area contributed by atoms with Crippen molar-refractivity contribution in [1.82, 2.24) is 5.32 Å². The number of esters is 1. The SMILES string of the molecule is COC(=O)[C@](NC(=O)c1cccs1)(C1=C(O)CC(C)(C)CC1=O)C(F)(F)F. The third kappa shape index (κ3) is 3.71. The summed E-state index contributed by atoms with van der Waals surface area (Å²) in [5, 5.41) is 13.3. The van der Waals surface area contributed by atoms with Crippen LogP contribution < -0.4 is 5.32 Å². The lowest BCUT2D eigenvalue weighted by molar-refractivity contribution is -0.202. The van der Waals surface area contributed by atoms with E-state index >= 15 is 0 Å². The van der Waals surface area contributed by atoms with Gasteiger partial charge in [-0.1, -0.05) is 19.9 Å². The lowest BCUT2D eigenvalue weighted by Gasteiger charge is -2.39. The van der Waals surface area contributed by atoms with Crippen LogP contribution >= 0.6 is 11.3 Å². The first-order valence-corrected chi connectivity index (χ1v) is 8.70. The molecule has 1 amide bonds. The fourth-order valence-electron chi connectivity index (χ4n) is 3.05. The number of carbonyl (C=O) groups excluding carboxylic acids is 3. The lowest BCUT2D eigenvalue weighted by atomic mass is 9.71. The first kappa shape index (κ1) is 20.9. The molecule has 1 aliphatic carbocycles. The number of ether oxygens (including phenoxy) is 1. The van der Waals surface area contributed by atoms with Gasteiger partial charge in [0.05, 0.1) is 17.6 Å². The number of methoxy groups -OCH3 is 1. The van der Waals surface area contributed by atoms with E-state index in [4.69, 9.17) is 0 Å². The largest absolute Gasteiger partial charge is 0.512 e. The molecule has 2 N–H and O–H groups in total. The van der Waals surface area contributed by atoms with Crippen LogP contribution in [0.15, 0.2) is 28.8 Å².